The third-order valence-corrected chi connectivity index (χ3v) is 6.17. The Hall–Kier alpha value is -1.44. The van der Waals surface area contributed by atoms with Crippen molar-refractivity contribution in [3.8, 4) is 0 Å². The van der Waals surface area contributed by atoms with E-state index in [2.05, 4.69) is 53.4 Å². The van der Waals surface area contributed by atoms with Crippen LogP contribution in [0.5, 0.6) is 0 Å². The first-order valence-corrected chi connectivity index (χ1v) is 10.4. The first-order chi connectivity index (χ1) is 12.8. The highest BCUT2D eigenvalue weighted by atomic mass is 16.2. The number of rotatable bonds is 5. The van der Waals surface area contributed by atoms with Crippen molar-refractivity contribution in [1.29, 1.82) is 0 Å². The molecule has 2 aliphatic heterocycles. The minimum atomic E-state index is -0.0241. The predicted molar refractivity (Wildman–Crippen MR) is 106 cm³/mol. The predicted octanol–water partition coefficient (Wildman–Crippen LogP) is 0.443. The zero-order chi connectivity index (χ0) is 19.6. The molecule has 0 aromatic rings. The van der Waals surface area contributed by atoms with Crippen LogP contribution in [-0.4, -0.2) is 49.3 Å². The van der Waals surface area contributed by atoms with Crippen molar-refractivity contribution in [3.05, 3.63) is 11.6 Å². The summed E-state index contributed by atoms with van der Waals surface area (Å²) in [6.45, 7) is 9.68. The lowest BCUT2D eigenvalue weighted by Gasteiger charge is -2.42. The average Bonchev–Trinajstić information content (AvgIpc) is 2.59. The van der Waals surface area contributed by atoms with E-state index in [9.17, 15) is 9.59 Å². The summed E-state index contributed by atoms with van der Waals surface area (Å²) < 4.78 is 0. The van der Waals surface area contributed by atoms with Gasteiger partial charge in [0.15, 0.2) is 0 Å². The van der Waals surface area contributed by atoms with Crippen LogP contribution in [0.1, 0.15) is 47.0 Å². The van der Waals surface area contributed by atoms with E-state index >= 15 is 0 Å². The molecule has 2 heterocycles. The molecule has 1 aliphatic carbocycles. The molecular formula is C20H35N5O2. The largest absolute Gasteiger partial charge is 0.349 e. The number of carbonyl (C=O) groups is 2. The van der Waals surface area contributed by atoms with Crippen LogP contribution in [0.3, 0.4) is 0 Å². The van der Waals surface area contributed by atoms with E-state index in [0.717, 1.165) is 25.0 Å². The third kappa shape index (κ3) is 5.09. The Bertz CT molecular complexity index is 593. The van der Waals surface area contributed by atoms with Crippen molar-refractivity contribution >= 4 is 11.8 Å². The Labute approximate surface area is 162 Å². The maximum absolute atomic E-state index is 12.6. The van der Waals surface area contributed by atoms with Gasteiger partial charge >= 0.3 is 0 Å². The van der Waals surface area contributed by atoms with Crippen molar-refractivity contribution in [3.63, 3.8) is 0 Å². The van der Waals surface area contributed by atoms with E-state index in [1.54, 1.807) is 0 Å². The fourth-order valence-corrected chi connectivity index (χ4v) is 4.90. The first-order valence-electron chi connectivity index (χ1n) is 10.4. The molecule has 1 saturated carbocycles. The minimum Gasteiger partial charge on any atom is -0.349 e. The summed E-state index contributed by atoms with van der Waals surface area (Å²) in [7, 11) is 0. The molecule has 0 radical (unpaired) electrons. The molecule has 27 heavy (non-hydrogen) atoms. The van der Waals surface area contributed by atoms with Crippen LogP contribution in [0.4, 0.5) is 0 Å². The Morgan fingerprint density at radius 3 is 2.85 bits per heavy atom. The number of hydrogen-bond donors (Lipinski definition) is 5. The lowest BCUT2D eigenvalue weighted by atomic mass is 9.70. The van der Waals surface area contributed by atoms with Gasteiger partial charge in [-0.2, -0.15) is 0 Å². The molecule has 7 heteroatoms. The lowest BCUT2D eigenvalue weighted by Crippen LogP contribution is -2.63. The lowest BCUT2D eigenvalue weighted by molar-refractivity contribution is -0.121. The van der Waals surface area contributed by atoms with Gasteiger partial charge < -0.3 is 21.3 Å². The Kier molecular flexibility index (Phi) is 6.55. The summed E-state index contributed by atoms with van der Waals surface area (Å²) in [5.74, 6) is 1.72. The fourth-order valence-electron chi connectivity index (χ4n) is 4.90. The zero-order valence-electron chi connectivity index (χ0n) is 17.0. The molecule has 6 unspecified atom stereocenters. The van der Waals surface area contributed by atoms with Crippen LogP contribution >= 0.6 is 0 Å². The normalized spacial score (nSPS) is 37.6. The maximum atomic E-state index is 12.6. The second-order valence-electron chi connectivity index (χ2n) is 8.68. The SMILES string of the molecule is CC(=O)NC1CCNC(CN[C@@H](C)C2=CC3CC(C)CC(C)C3NC2=O)N1. The number of carbonyl (C=O) groups excluding carboxylic acids is 2. The first kappa shape index (κ1) is 20.3. The van der Waals surface area contributed by atoms with Gasteiger partial charge in [0.2, 0.25) is 11.8 Å². The van der Waals surface area contributed by atoms with E-state index in [1.165, 1.54) is 13.3 Å². The second-order valence-corrected chi connectivity index (χ2v) is 8.68. The highest BCUT2D eigenvalue weighted by Gasteiger charge is 2.38. The van der Waals surface area contributed by atoms with Crippen LogP contribution in [0.25, 0.3) is 0 Å². The van der Waals surface area contributed by atoms with Crippen LogP contribution in [0, 0.1) is 17.8 Å². The van der Waals surface area contributed by atoms with Gasteiger partial charge in [-0.1, -0.05) is 19.9 Å². The number of fused-ring (bicyclic) bond motifs is 1. The summed E-state index contributed by atoms with van der Waals surface area (Å²) in [6, 6.07) is 0.271. The molecule has 0 aromatic heterocycles. The van der Waals surface area contributed by atoms with Crippen LogP contribution in [-0.2, 0) is 9.59 Å². The van der Waals surface area contributed by atoms with E-state index in [-0.39, 0.29) is 36.2 Å². The molecule has 152 valence electrons. The number of hydrogen-bond acceptors (Lipinski definition) is 5. The zero-order valence-corrected chi connectivity index (χ0v) is 17.0. The fraction of sp³-hybridized carbons (Fsp3) is 0.800. The van der Waals surface area contributed by atoms with Gasteiger partial charge in [-0.05, 0) is 50.5 Å². The topological polar surface area (TPSA) is 94.3 Å². The molecule has 3 rings (SSSR count). The number of nitrogens with one attached hydrogen (secondary N) is 5. The van der Waals surface area contributed by atoms with Crippen molar-refractivity contribution < 1.29 is 9.59 Å². The molecule has 2 fully saturated rings. The van der Waals surface area contributed by atoms with E-state index in [0.29, 0.717) is 24.3 Å². The third-order valence-electron chi connectivity index (χ3n) is 6.17. The van der Waals surface area contributed by atoms with Gasteiger partial charge in [-0.25, -0.2) is 0 Å². The molecule has 0 spiro atoms. The smallest absolute Gasteiger partial charge is 0.248 e. The van der Waals surface area contributed by atoms with Gasteiger partial charge in [0.1, 0.15) is 0 Å². The molecule has 0 aromatic carbocycles. The van der Waals surface area contributed by atoms with Crippen molar-refractivity contribution in [2.45, 2.75) is 71.4 Å². The summed E-state index contributed by atoms with van der Waals surface area (Å²) in [6.07, 6.45) is 5.47. The molecule has 7 atom stereocenters. The molecule has 0 bridgehead atoms. The quantitative estimate of drug-likeness (QED) is 0.479. The van der Waals surface area contributed by atoms with Crippen molar-refractivity contribution in [2.24, 2.45) is 17.8 Å². The summed E-state index contributed by atoms with van der Waals surface area (Å²) in [5.41, 5.74) is 0.853. The van der Waals surface area contributed by atoms with Gasteiger partial charge in [0.05, 0.1) is 12.3 Å². The van der Waals surface area contributed by atoms with Crippen LogP contribution in [0.15, 0.2) is 11.6 Å². The molecular weight excluding hydrogens is 342 g/mol. The Morgan fingerprint density at radius 1 is 1.33 bits per heavy atom. The average molecular weight is 378 g/mol. The summed E-state index contributed by atoms with van der Waals surface area (Å²) in [5, 5.41) is 16.4. The minimum absolute atomic E-state index is 0.00553. The maximum Gasteiger partial charge on any atom is 0.248 e. The highest BCUT2D eigenvalue weighted by Crippen LogP contribution is 2.36. The van der Waals surface area contributed by atoms with E-state index in [4.69, 9.17) is 0 Å². The highest BCUT2D eigenvalue weighted by molar-refractivity contribution is 5.95. The van der Waals surface area contributed by atoms with Crippen LogP contribution in [0.2, 0.25) is 0 Å². The van der Waals surface area contributed by atoms with E-state index < -0.39 is 0 Å². The van der Waals surface area contributed by atoms with Crippen LogP contribution < -0.4 is 26.6 Å². The molecule has 1 saturated heterocycles. The Morgan fingerprint density at radius 2 is 2.11 bits per heavy atom. The molecule has 5 N–H and O–H groups in total. The van der Waals surface area contributed by atoms with Crippen molar-refractivity contribution in [2.75, 3.05) is 13.1 Å². The van der Waals surface area contributed by atoms with E-state index in [1.807, 2.05) is 0 Å². The summed E-state index contributed by atoms with van der Waals surface area (Å²) in [4.78, 5) is 23.9. The van der Waals surface area contributed by atoms with Gasteiger partial charge in [0, 0.05) is 31.1 Å². The second kappa shape index (κ2) is 8.71. The summed E-state index contributed by atoms with van der Waals surface area (Å²) >= 11 is 0. The molecule has 2 amide bonds. The number of amides is 2. The standard InChI is InChI=1S/C20H35N5O2/c1-11-7-12(2)19-15(8-11)9-16(20(27)25-19)13(3)22-10-18-21-6-5-17(24-18)23-14(4)26/h9,11-13,15,17-19,21-22,24H,5-8,10H2,1-4H3,(H,23,26)(H,25,27)/t11?,12?,13-,15?,17?,18?,19?/m0/s1. The Balaban J connectivity index is 1.55. The van der Waals surface area contributed by atoms with Gasteiger partial charge in [-0.3, -0.25) is 14.9 Å². The molecule has 3 aliphatic rings. The van der Waals surface area contributed by atoms with Gasteiger partial charge in [0.25, 0.3) is 0 Å². The monoisotopic (exact) mass is 377 g/mol. The van der Waals surface area contributed by atoms with Gasteiger partial charge in [-0.15, -0.1) is 0 Å². The van der Waals surface area contributed by atoms with Crippen molar-refractivity contribution in [1.82, 2.24) is 26.6 Å². The molecule has 7 nitrogen and oxygen atoms in total.